The van der Waals surface area contributed by atoms with Gasteiger partial charge >= 0.3 is 39.5 Å². The van der Waals surface area contributed by atoms with Crippen molar-refractivity contribution in [1.29, 1.82) is 0 Å². The van der Waals surface area contributed by atoms with Crippen molar-refractivity contribution in [1.82, 2.24) is 0 Å². The SMILES string of the molecule is CCC(C)CCCCCCCCCCCCC(=O)OC[C@H](COP(=O)(O)OCC(O)COP(=O)(O)OC[C@@H](COC(=O)CCCCCCCCCC(C)C)OC(=O)CCCCCCCCCCCCCCCCCC(C)C)OC(=O)CCCCCCCCCCCCC(C)C. The summed E-state index contributed by atoms with van der Waals surface area (Å²) in [5, 5.41) is 10.6. The third kappa shape index (κ3) is 69.0. The number of hydrogen-bond donors (Lipinski definition) is 3. The number of unbranched alkanes of at least 4 members (excludes halogenated alkanes) is 38. The summed E-state index contributed by atoms with van der Waals surface area (Å²) in [7, 11) is -9.91. The number of aliphatic hydroxyl groups excluding tert-OH is 1. The van der Waals surface area contributed by atoms with Crippen molar-refractivity contribution >= 4 is 39.5 Å². The van der Waals surface area contributed by atoms with E-state index >= 15 is 0 Å². The molecule has 0 aliphatic carbocycles. The zero-order valence-electron chi connectivity index (χ0n) is 62.3. The van der Waals surface area contributed by atoms with Gasteiger partial charge in [-0.3, -0.25) is 37.3 Å². The average molecular weight is 1400 g/mol. The monoisotopic (exact) mass is 1400 g/mol. The molecule has 0 rings (SSSR count). The van der Waals surface area contributed by atoms with Gasteiger partial charge in [0.15, 0.2) is 12.2 Å². The highest BCUT2D eigenvalue weighted by Gasteiger charge is 2.30. The first-order valence-electron chi connectivity index (χ1n) is 39.2. The Morgan fingerprint density at radius 2 is 0.505 bits per heavy atom. The van der Waals surface area contributed by atoms with Gasteiger partial charge < -0.3 is 33.8 Å². The minimum atomic E-state index is -4.96. The van der Waals surface area contributed by atoms with Crippen LogP contribution in [-0.4, -0.2) is 96.7 Å². The Morgan fingerprint density at radius 3 is 0.747 bits per heavy atom. The maximum Gasteiger partial charge on any atom is 0.472 e. The first-order chi connectivity index (χ1) is 45.6. The molecule has 17 nitrogen and oxygen atoms in total. The molecular formula is C76H148O17P2. The fourth-order valence-electron chi connectivity index (χ4n) is 11.5. The van der Waals surface area contributed by atoms with Crippen LogP contribution >= 0.6 is 15.6 Å². The molecule has 3 N–H and O–H groups in total. The molecule has 564 valence electrons. The van der Waals surface area contributed by atoms with E-state index in [0.29, 0.717) is 31.6 Å². The second-order valence-corrected chi connectivity index (χ2v) is 32.0. The van der Waals surface area contributed by atoms with Crippen molar-refractivity contribution in [2.45, 2.75) is 401 Å². The van der Waals surface area contributed by atoms with Gasteiger partial charge in [0.2, 0.25) is 0 Å². The fourth-order valence-corrected chi connectivity index (χ4v) is 13.1. The maximum atomic E-state index is 13.1. The van der Waals surface area contributed by atoms with Gasteiger partial charge in [-0.25, -0.2) is 9.13 Å². The van der Waals surface area contributed by atoms with Crippen LogP contribution in [0, 0.1) is 23.7 Å². The molecule has 0 aromatic heterocycles. The lowest BCUT2D eigenvalue weighted by molar-refractivity contribution is -0.161. The molecule has 0 bridgehead atoms. The summed E-state index contributed by atoms with van der Waals surface area (Å²) in [6.45, 7) is 14.2. The second-order valence-electron chi connectivity index (χ2n) is 29.1. The topological polar surface area (TPSA) is 237 Å². The van der Waals surface area contributed by atoms with Gasteiger partial charge in [-0.15, -0.1) is 0 Å². The molecule has 4 unspecified atom stereocenters. The van der Waals surface area contributed by atoms with Crippen LogP contribution in [0.4, 0.5) is 0 Å². The molecule has 0 aliphatic rings. The number of carbonyl (C=O) groups excluding carboxylic acids is 4. The van der Waals surface area contributed by atoms with Crippen LogP contribution in [0.3, 0.4) is 0 Å². The summed E-state index contributed by atoms with van der Waals surface area (Å²) < 4.78 is 68.5. The number of phosphoric acid groups is 2. The Labute approximate surface area is 581 Å². The van der Waals surface area contributed by atoms with Gasteiger partial charge in [-0.05, 0) is 49.4 Å². The van der Waals surface area contributed by atoms with E-state index in [4.69, 9.17) is 37.0 Å². The normalized spacial score (nSPS) is 14.4. The van der Waals surface area contributed by atoms with Gasteiger partial charge in [0.1, 0.15) is 19.3 Å². The van der Waals surface area contributed by atoms with Crippen LogP contribution in [0.1, 0.15) is 383 Å². The molecule has 0 aliphatic heterocycles. The molecule has 6 atom stereocenters. The van der Waals surface area contributed by atoms with Crippen molar-refractivity contribution in [2.75, 3.05) is 39.6 Å². The van der Waals surface area contributed by atoms with Gasteiger partial charge in [0, 0.05) is 25.7 Å². The molecular weight excluding hydrogens is 1250 g/mol. The average Bonchev–Trinajstić information content (AvgIpc) is 3.18. The molecule has 0 amide bonds. The summed E-state index contributed by atoms with van der Waals surface area (Å²) in [6.07, 6.45) is 49.9. The molecule has 19 heteroatoms. The summed E-state index contributed by atoms with van der Waals surface area (Å²) in [6, 6.07) is 0. The lowest BCUT2D eigenvalue weighted by Gasteiger charge is -2.21. The van der Waals surface area contributed by atoms with Gasteiger partial charge in [-0.1, -0.05) is 331 Å². The first-order valence-corrected chi connectivity index (χ1v) is 42.2. The summed E-state index contributed by atoms with van der Waals surface area (Å²) in [4.78, 5) is 72.8. The predicted molar refractivity (Wildman–Crippen MR) is 386 cm³/mol. The van der Waals surface area contributed by atoms with Crippen LogP contribution < -0.4 is 0 Å². The molecule has 0 heterocycles. The number of carbonyl (C=O) groups is 4. The maximum absolute atomic E-state index is 13.1. The van der Waals surface area contributed by atoms with Crippen molar-refractivity contribution < 1.29 is 80.2 Å². The molecule has 0 radical (unpaired) electrons. The number of esters is 4. The quantitative estimate of drug-likeness (QED) is 0.0222. The van der Waals surface area contributed by atoms with E-state index in [2.05, 4.69) is 55.4 Å². The lowest BCUT2D eigenvalue weighted by atomic mass is 9.99. The number of hydrogen-bond acceptors (Lipinski definition) is 15. The van der Waals surface area contributed by atoms with Gasteiger partial charge in [0.25, 0.3) is 0 Å². The molecule has 0 spiro atoms. The van der Waals surface area contributed by atoms with Gasteiger partial charge in [0.05, 0.1) is 26.4 Å². The van der Waals surface area contributed by atoms with Crippen molar-refractivity contribution in [3.8, 4) is 0 Å². The smallest absolute Gasteiger partial charge is 0.462 e. The molecule has 0 saturated heterocycles. The zero-order valence-corrected chi connectivity index (χ0v) is 64.1. The van der Waals surface area contributed by atoms with Crippen LogP contribution in [0.2, 0.25) is 0 Å². The van der Waals surface area contributed by atoms with Crippen LogP contribution in [0.25, 0.3) is 0 Å². The van der Waals surface area contributed by atoms with E-state index in [0.717, 1.165) is 114 Å². The highest BCUT2D eigenvalue weighted by atomic mass is 31.2. The third-order valence-corrected chi connectivity index (χ3v) is 19.8. The van der Waals surface area contributed by atoms with Crippen LogP contribution in [-0.2, 0) is 65.4 Å². The van der Waals surface area contributed by atoms with E-state index in [1.807, 2.05) is 0 Å². The van der Waals surface area contributed by atoms with E-state index in [1.165, 1.54) is 180 Å². The van der Waals surface area contributed by atoms with E-state index in [-0.39, 0.29) is 25.7 Å². The van der Waals surface area contributed by atoms with Crippen molar-refractivity contribution in [2.24, 2.45) is 23.7 Å². The Hall–Kier alpha value is -1.94. The van der Waals surface area contributed by atoms with E-state index < -0.39 is 97.5 Å². The van der Waals surface area contributed by atoms with Gasteiger partial charge in [-0.2, -0.15) is 0 Å². The summed E-state index contributed by atoms with van der Waals surface area (Å²) in [5.74, 6) is 0.948. The number of aliphatic hydroxyl groups is 1. The third-order valence-electron chi connectivity index (χ3n) is 17.9. The van der Waals surface area contributed by atoms with Crippen LogP contribution in [0.15, 0.2) is 0 Å². The Kier molecular flexibility index (Phi) is 64.0. The predicted octanol–water partition coefficient (Wildman–Crippen LogP) is 22.0. The van der Waals surface area contributed by atoms with E-state index in [1.54, 1.807) is 0 Å². The number of ether oxygens (including phenoxy) is 4. The lowest BCUT2D eigenvalue weighted by Crippen LogP contribution is -2.30. The minimum Gasteiger partial charge on any atom is -0.462 e. The van der Waals surface area contributed by atoms with Crippen molar-refractivity contribution in [3.05, 3.63) is 0 Å². The number of rotatable bonds is 73. The fraction of sp³-hybridized carbons (Fsp3) is 0.947. The highest BCUT2D eigenvalue weighted by Crippen LogP contribution is 2.45. The molecule has 95 heavy (non-hydrogen) atoms. The van der Waals surface area contributed by atoms with E-state index in [9.17, 15) is 43.2 Å². The summed E-state index contributed by atoms with van der Waals surface area (Å²) in [5.41, 5.74) is 0. The Morgan fingerprint density at radius 1 is 0.295 bits per heavy atom. The first kappa shape index (κ1) is 93.1. The minimum absolute atomic E-state index is 0.105. The molecule has 0 aromatic carbocycles. The molecule has 0 aromatic rings. The van der Waals surface area contributed by atoms with Crippen molar-refractivity contribution in [3.63, 3.8) is 0 Å². The highest BCUT2D eigenvalue weighted by molar-refractivity contribution is 7.47. The Balaban J connectivity index is 5.24. The van der Waals surface area contributed by atoms with Crippen LogP contribution in [0.5, 0.6) is 0 Å². The summed E-state index contributed by atoms with van der Waals surface area (Å²) >= 11 is 0. The Bertz CT molecular complexity index is 1870. The largest absolute Gasteiger partial charge is 0.472 e. The molecule has 0 saturated carbocycles. The number of phosphoric ester groups is 2. The molecule has 0 fully saturated rings. The standard InChI is InChI=1S/C76H148O17P2/c1-9-69(8)55-47-39-31-23-18-20-24-32-40-48-56-73(78)86-62-71(92-76(81)59-51-43-34-26-19-17-22-29-37-45-53-67(4)5)64-90-94(82,83)88-60-70(77)61-89-95(84,85)91-65-72(63-87-74(79)57-49-41-35-27-30-38-46-54-68(6)7)93-75(80)58-50-42-33-25-16-14-12-10-11-13-15-21-28-36-44-52-66(2)3/h66-72,77H,9-65H2,1-8H3,(H,82,83)(H,84,85)/t69?,70?,71-,72-/m1/s1. The zero-order chi connectivity index (χ0) is 70.3. The second kappa shape index (κ2) is 65.4.